The zero-order valence-electron chi connectivity index (χ0n) is 15.0. The highest BCUT2D eigenvalue weighted by Gasteiger charge is 2.20. The number of anilines is 3. The maximum absolute atomic E-state index is 12.8. The van der Waals surface area contributed by atoms with Gasteiger partial charge < -0.3 is 5.32 Å². The maximum atomic E-state index is 12.8. The molecule has 8 nitrogen and oxygen atoms in total. The van der Waals surface area contributed by atoms with Gasteiger partial charge in [0.05, 0.1) is 27.3 Å². The van der Waals surface area contributed by atoms with Crippen LogP contribution in [-0.4, -0.2) is 28.2 Å². The Bertz CT molecular complexity index is 1320. The average Bonchev–Trinajstić information content (AvgIpc) is 3.12. The standard InChI is InChI=1S/C18H14Cl2N6O2S/c1-26-10-12(9-21-26)29(27,28)25-18-17(22-11-6-7-13(19)14(20)8-11)23-15-4-2-3-5-16(15)24-18/h2-10H,1H3,(H,22,23)(H,24,25). The number of aryl methyl sites for hydroxylation is 1. The molecule has 0 saturated heterocycles. The topological polar surface area (TPSA) is 102 Å². The molecule has 11 heteroatoms. The molecule has 2 aromatic heterocycles. The van der Waals surface area contributed by atoms with Crippen molar-refractivity contribution in [1.82, 2.24) is 19.7 Å². The monoisotopic (exact) mass is 448 g/mol. The first kappa shape index (κ1) is 19.4. The Labute approximate surface area is 176 Å². The van der Waals surface area contributed by atoms with Crippen molar-refractivity contribution in [2.75, 3.05) is 10.0 Å². The quantitative estimate of drug-likeness (QED) is 0.473. The molecule has 0 spiro atoms. The molecule has 2 N–H and O–H groups in total. The summed E-state index contributed by atoms with van der Waals surface area (Å²) in [6.45, 7) is 0. The Morgan fingerprint density at radius 1 is 0.966 bits per heavy atom. The zero-order valence-corrected chi connectivity index (χ0v) is 17.3. The molecule has 0 amide bonds. The van der Waals surface area contributed by atoms with Gasteiger partial charge in [0.2, 0.25) is 0 Å². The van der Waals surface area contributed by atoms with Crippen LogP contribution in [0.3, 0.4) is 0 Å². The summed E-state index contributed by atoms with van der Waals surface area (Å²) in [6, 6.07) is 12.1. The number of hydrogen-bond donors (Lipinski definition) is 2. The van der Waals surface area contributed by atoms with Gasteiger partial charge in [-0.15, -0.1) is 0 Å². The average molecular weight is 449 g/mol. The third-order valence-corrected chi connectivity index (χ3v) is 6.01. The molecule has 4 rings (SSSR count). The second-order valence-corrected chi connectivity index (χ2v) is 8.62. The summed E-state index contributed by atoms with van der Waals surface area (Å²) < 4.78 is 29.4. The number of halogens is 2. The fourth-order valence-electron chi connectivity index (χ4n) is 2.59. The molecular formula is C18H14Cl2N6O2S. The molecule has 0 atom stereocenters. The summed E-state index contributed by atoms with van der Waals surface area (Å²) >= 11 is 12.0. The summed E-state index contributed by atoms with van der Waals surface area (Å²) in [4.78, 5) is 8.95. The number of aromatic nitrogens is 4. The van der Waals surface area contributed by atoms with Gasteiger partial charge in [0.15, 0.2) is 11.6 Å². The molecule has 2 heterocycles. The lowest BCUT2D eigenvalue weighted by Crippen LogP contribution is -2.15. The normalized spacial score (nSPS) is 11.6. The van der Waals surface area contributed by atoms with Crippen molar-refractivity contribution in [3.63, 3.8) is 0 Å². The third kappa shape index (κ3) is 4.12. The summed E-state index contributed by atoms with van der Waals surface area (Å²) in [5.41, 5.74) is 1.71. The van der Waals surface area contributed by atoms with E-state index in [1.165, 1.54) is 17.1 Å². The van der Waals surface area contributed by atoms with Gasteiger partial charge in [0, 0.05) is 18.9 Å². The molecule has 0 aliphatic heterocycles. The zero-order chi connectivity index (χ0) is 20.6. The number of nitrogens with zero attached hydrogens (tertiary/aromatic N) is 4. The number of sulfonamides is 1. The van der Waals surface area contributed by atoms with Crippen LogP contribution in [0.2, 0.25) is 10.0 Å². The lowest BCUT2D eigenvalue weighted by atomic mass is 10.3. The van der Waals surface area contributed by atoms with Crippen molar-refractivity contribution in [3.05, 3.63) is 64.9 Å². The highest BCUT2D eigenvalue weighted by molar-refractivity contribution is 7.92. The predicted octanol–water partition coefficient (Wildman–Crippen LogP) is 4.21. The van der Waals surface area contributed by atoms with Crippen molar-refractivity contribution < 1.29 is 8.42 Å². The number of nitrogens with one attached hydrogen (secondary N) is 2. The van der Waals surface area contributed by atoms with E-state index in [9.17, 15) is 8.42 Å². The minimum atomic E-state index is -3.91. The minimum absolute atomic E-state index is 0.00967. The largest absolute Gasteiger partial charge is 0.337 e. The summed E-state index contributed by atoms with van der Waals surface area (Å²) in [5, 5.41) is 7.70. The Morgan fingerprint density at radius 2 is 1.66 bits per heavy atom. The van der Waals surface area contributed by atoms with Crippen LogP contribution in [0, 0.1) is 0 Å². The lowest BCUT2D eigenvalue weighted by Gasteiger charge is -2.13. The lowest BCUT2D eigenvalue weighted by molar-refractivity contribution is 0.601. The van der Waals surface area contributed by atoms with Crippen LogP contribution in [0.4, 0.5) is 17.3 Å². The van der Waals surface area contributed by atoms with Gasteiger partial charge in [0.25, 0.3) is 10.0 Å². The molecule has 0 radical (unpaired) electrons. The van der Waals surface area contributed by atoms with E-state index in [4.69, 9.17) is 23.2 Å². The van der Waals surface area contributed by atoms with Crippen LogP contribution in [0.25, 0.3) is 11.0 Å². The van der Waals surface area contributed by atoms with Crippen molar-refractivity contribution in [2.24, 2.45) is 7.05 Å². The number of benzene rings is 2. The fourth-order valence-corrected chi connectivity index (χ4v) is 3.88. The van der Waals surface area contributed by atoms with E-state index < -0.39 is 10.0 Å². The fraction of sp³-hybridized carbons (Fsp3) is 0.0556. The molecule has 29 heavy (non-hydrogen) atoms. The van der Waals surface area contributed by atoms with Crippen LogP contribution < -0.4 is 10.0 Å². The molecule has 0 aliphatic rings. The van der Waals surface area contributed by atoms with E-state index in [1.807, 2.05) is 6.07 Å². The molecule has 0 unspecified atom stereocenters. The maximum Gasteiger partial charge on any atom is 0.266 e. The summed E-state index contributed by atoms with van der Waals surface area (Å²) in [7, 11) is -2.28. The SMILES string of the molecule is Cn1cc(S(=O)(=O)Nc2nc3ccccc3nc2Nc2ccc(Cl)c(Cl)c2)cn1. The molecule has 4 aromatic rings. The highest BCUT2D eigenvalue weighted by atomic mass is 35.5. The van der Waals surface area contributed by atoms with Crippen LogP contribution in [0.15, 0.2) is 59.8 Å². The minimum Gasteiger partial charge on any atom is -0.337 e. The molecular weight excluding hydrogens is 435 g/mol. The van der Waals surface area contributed by atoms with Gasteiger partial charge in [0.1, 0.15) is 4.90 Å². The van der Waals surface area contributed by atoms with Gasteiger partial charge in [-0.2, -0.15) is 5.10 Å². The number of fused-ring (bicyclic) bond motifs is 1. The van der Waals surface area contributed by atoms with Gasteiger partial charge in [-0.1, -0.05) is 35.3 Å². The molecule has 0 bridgehead atoms. The highest BCUT2D eigenvalue weighted by Crippen LogP contribution is 2.30. The molecule has 0 aliphatic carbocycles. The van der Waals surface area contributed by atoms with Crippen LogP contribution in [0.5, 0.6) is 0 Å². The molecule has 0 fully saturated rings. The van der Waals surface area contributed by atoms with E-state index in [0.717, 1.165) is 0 Å². The van der Waals surface area contributed by atoms with Crippen LogP contribution in [0.1, 0.15) is 0 Å². The first-order valence-corrected chi connectivity index (χ1v) is 10.6. The smallest absolute Gasteiger partial charge is 0.266 e. The third-order valence-electron chi connectivity index (χ3n) is 3.98. The van der Waals surface area contributed by atoms with E-state index >= 15 is 0 Å². The van der Waals surface area contributed by atoms with Crippen molar-refractivity contribution in [2.45, 2.75) is 4.90 Å². The van der Waals surface area contributed by atoms with Gasteiger partial charge in [-0.25, -0.2) is 18.4 Å². The number of para-hydroxylation sites is 2. The van der Waals surface area contributed by atoms with Crippen molar-refractivity contribution in [3.8, 4) is 0 Å². The summed E-state index contributed by atoms with van der Waals surface area (Å²) in [6.07, 6.45) is 2.64. The molecule has 2 aromatic carbocycles. The van der Waals surface area contributed by atoms with Crippen LogP contribution in [-0.2, 0) is 17.1 Å². The van der Waals surface area contributed by atoms with E-state index in [0.29, 0.717) is 26.8 Å². The van der Waals surface area contributed by atoms with E-state index in [1.54, 1.807) is 43.4 Å². The number of hydrogen-bond acceptors (Lipinski definition) is 6. The molecule has 148 valence electrons. The Kier molecular flexibility index (Phi) is 5.03. The van der Waals surface area contributed by atoms with Crippen LogP contribution >= 0.6 is 23.2 Å². The first-order valence-electron chi connectivity index (χ1n) is 8.32. The Morgan fingerprint density at radius 3 is 2.28 bits per heavy atom. The Hall–Kier alpha value is -2.88. The second kappa shape index (κ2) is 7.51. The van der Waals surface area contributed by atoms with Gasteiger partial charge >= 0.3 is 0 Å². The van der Waals surface area contributed by atoms with E-state index in [2.05, 4.69) is 25.1 Å². The predicted molar refractivity (Wildman–Crippen MR) is 113 cm³/mol. The van der Waals surface area contributed by atoms with E-state index in [-0.39, 0.29) is 16.5 Å². The summed E-state index contributed by atoms with van der Waals surface area (Å²) in [5.74, 6) is 0.258. The number of rotatable bonds is 5. The van der Waals surface area contributed by atoms with Crippen molar-refractivity contribution in [1.29, 1.82) is 0 Å². The Balaban J connectivity index is 1.78. The molecule has 0 saturated carbocycles. The second-order valence-electron chi connectivity index (χ2n) is 6.12. The van der Waals surface area contributed by atoms with Gasteiger partial charge in [-0.05, 0) is 30.3 Å². The van der Waals surface area contributed by atoms with Crippen molar-refractivity contribution >= 4 is 61.6 Å². The van der Waals surface area contributed by atoms with Gasteiger partial charge in [-0.3, -0.25) is 9.40 Å². The first-order chi connectivity index (χ1) is 13.8.